The van der Waals surface area contributed by atoms with Gasteiger partial charge >= 0.3 is 0 Å². The molecule has 1 aromatic carbocycles. The monoisotopic (exact) mass is 337 g/mol. The number of benzene rings is 1. The molecule has 4 rings (SSSR count). The molecular weight excluding hydrogens is 318 g/mol. The predicted molar refractivity (Wildman–Crippen MR) is 92.7 cm³/mol. The molecule has 0 atom stereocenters. The number of nitrogens with zero attached hydrogens (tertiary/aromatic N) is 5. The number of ether oxygens (including phenoxy) is 1. The highest BCUT2D eigenvalue weighted by Gasteiger charge is 2.22. The Labute approximate surface area is 145 Å². The van der Waals surface area contributed by atoms with Gasteiger partial charge in [-0.1, -0.05) is 0 Å². The van der Waals surface area contributed by atoms with Crippen LogP contribution in [0.5, 0.6) is 5.75 Å². The van der Waals surface area contributed by atoms with Crippen molar-refractivity contribution in [1.82, 2.24) is 24.3 Å². The van der Waals surface area contributed by atoms with Crippen molar-refractivity contribution in [3.05, 3.63) is 35.8 Å². The maximum atomic E-state index is 11.3. The summed E-state index contributed by atoms with van der Waals surface area (Å²) in [5, 5.41) is 4.29. The van der Waals surface area contributed by atoms with Gasteiger partial charge in [-0.25, -0.2) is 14.6 Å². The normalized spacial score (nSPS) is 13.1. The number of hydrogen-bond acceptors (Lipinski definition) is 5. The van der Waals surface area contributed by atoms with E-state index in [1.54, 1.807) is 6.33 Å². The SMILES string of the molecule is Cc1cc2c(cc1C=O)-c1nc(-c3ncnn3C(C)C)cn1CCO2. The van der Waals surface area contributed by atoms with Crippen LogP contribution < -0.4 is 4.74 Å². The molecule has 0 aliphatic carbocycles. The number of carbonyl (C=O) groups excluding carboxylic acids is 1. The number of imidazole rings is 1. The van der Waals surface area contributed by atoms with E-state index in [4.69, 9.17) is 9.72 Å². The maximum Gasteiger partial charge on any atom is 0.178 e. The molecule has 25 heavy (non-hydrogen) atoms. The minimum Gasteiger partial charge on any atom is -0.491 e. The molecule has 0 amide bonds. The minimum absolute atomic E-state index is 0.193. The van der Waals surface area contributed by atoms with E-state index in [0.29, 0.717) is 18.7 Å². The van der Waals surface area contributed by atoms with Crippen LogP contribution in [0.4, 0.5) is 0 Å². The first kappa shape index (κ1) is 15.6. The van der Waals surface area contributed by atoms with Gasteiger partial charge < -0.3 is 9.30 Å². The average Bonchev–Trinajstić information content (AvgIpc) is 3.19. The summed E-state index contributed by atoms with van der Waals surface area (Å²) in [5.41, 5.74) is 3.13. The molecule has 2 aromatic heterocycles. The topological polar surface area (TPSA) is 74.8 Å². The van der Waals surface area contributed by atoms with Crippen LogP contribution in [0.15, 0.2) is 24.7 Å². The van der Waals surface area contributed by atoms with Crippen molar-refractivity contribution in [3.8, 4) is 28.7 Å². The van der Waals surface area contributed by atoms with Crippen molar-refractivity contribution in [2.24, 2.45) is 0 Å². The smallest absolute Gasteiger partial charge is 0.178 e. The van der Waals surface area contributed by atoms with Crippen molar-refractivity contribution in [2.75, 3.05) is 6.61 Å². The van der Waals surface area contributed by atoms with Gasteiger partial charge in [0.05, 0.1) is 12.1 Å². The van der Waals surface area contributed by atoms with E-state index < -0.39 is 0 Å². The Morgan fingerprint density at radius 1 is 1.28 bits per heavy atom. The Morgan fingerprint density at radius 3 is 2.88 bits per heavy atom. The van der Waals surface area contributed by atoms with Crippen molar-refractivity contribution in [3.63, 3.8) is 0 Å². The molecule has 3 heterocycles. The summed E-state index contributed by atoms with van der Waals surface area (Å²) in [6, 6.07) is 3.94. The Bertz CT molecular complexity index is 955. The highest BCUT2D eigenvalue weighted by Crippen LogP contribution is 2.35. The van der Waals surface area contributed by atoms with Crippen LogP contribution in [0.2, 0.25) is 0 Å². The largest absolute Gasteiger partial charge is 0.491 e. The van der Waals surface area contributed by atoms with E-state index in [9.17, 15) is 4.79 Å². The van der Waals surface area contributed by atoms with Crippen LogP contribution in [0.1, 0.15) is 35.8 Å². The molecule has 7 heteroatoms. The fourth-order valence-corrected chi connectivity index (χ4v) is 3.09. The van der Waals surface area contributed by atoms with E-state index >= 15 is 0 Å². The Morgan fingerprint density at radius 2 is 2.12 bits per heavy atom. The van der Waals surface area contributed by atoms with Crippen molar-refractivity contribution >= 4 is 6.29 Å². The number of rotatable bonds is 3. The van der Waals surface area contributed by atoms with Gasteiger partial charge in [0.2, 0.25) is 0 Å². The van der Waals surface area contributed by atoms with E-state index in [2.05, 4.69) is 23.9 Å². The molecule has 0 radical (unpaired) electrons. The fourth-order valence-electron chi connectivity index (χ4n) is 3.09. The van der Waals surface area contributed by atoms with Gasteiger partial charge in [-0.2, -0.15) is 5.10 Å². The third kappa shape index (κ3) is 2.52. The minimum atomic E-state index is 0.193. The van der Waals surface area contributed by atoms with Gasteiger partial charge in [-0.05, 0) is 38.5 Å². The molecule has 1 aliphatic heterocycles. The fraction of sp³-hybridized carbons (Fsp3) is 0.333. The lowest BCUT2D eigenvalue weighted by atomic mass is 10.0. The van der Waals surface area contributed by atoms with E-state index in [-0.39, 0.29) is 6.04 Å². The zero-order valence-electron chi connectivity index (χ0n) is 14.4. The van der Waals surface area contributed by atoms with Crippen LogP contribution in [0.25, 0.3) is 22.9 Å². The first-order chi connectivity index (χ1) is 12.1. The second-order valence-electron chi connectivity index (χ2n) is 6.44. The van der Waals surface area contributed by atoms with E-state index in [0.717, 1.165) is 40.5 Å². The van der Waals surface area contributed by atoms with Gasteiger partial charge in [0.25, 0.3) is 0 Å². The number of aldehydes is 1. The van der Waals surface area contributed by atoms with Crippen LogP contribution in [0.3, 0.4) is 0 Å². The summed E-state index contributed by atoms with van der Waals surface area (Å²) in [6.45, 7) is 7.25. The second-order valence-corrected chi connectivity index (χ2v) is 6.44. The lowest BCUT2D eigenvalue weighted by Gasteiger charge is -2.09. The summed E-state index contributed by atoms with van der Waals surface area (Å²) in [7, 11) is 0. The third-order valence-electron chi connectivity index (χ3n) is 4.39. The Hall–Kier alpha value is -2.96. The van der Waals surface area contributed by atoms with Crippen LogP contribution >= 0.6 is 0 Å². The highest BCUT2D eigenvalue weighted by atomic mass is 16.5. The first-order valence-electron chi connectivity index (χ1n) is 8.28. The lowest BCUT2D eigenvalue weighted by molar-refractivity contribution is 0.112. The third-order valence-corrected chi connectivity index (χ3v) is 4.39. The summed E-state index contributed by atoms with van der Waals surface area (Å²) >= 11 is 0. The summed E-state index contributed by atoms with van der Waals surface area (Å²) in [6.07, 6.45) is 4.38. The van der Waals surface area contributed by atoms with E-state index in [1.165, 1.54) is 0 Å². The quantitative estimate of drug-likeness (QED) is 0.687. The number of aromatic nitrogens is 5. The lowest BCUT2D eigenvalue weighted by Crippen LogP contribution is -2.06. The van der Waals surface area contributed by atoms with Gasteiger partial charge in [0, 0.05) is 17.8 Å². The van der Waals surface area contributed by atoms with Gasteiger partial charge in [0.1, 0.15) is 36.5 Å². The average molecular weight is 337 g/mol. The first-order valence-corrected chi connectivity index (χ1v) is 8.28. The van der Waals surface area contributed by atoms with Crippen LogP contribution in [-0.4, -0.2) is 37.2 Å². The predicted octanol–water partition coefficient (Wildman–Crippen LogP) is 2.90. The van der Waals surface area contributed by atoms with Crippen molar-refractivity contribution in [1.29, 1.82) is 0 Å². The summed E-state index contributed by atoms with van der Waals surface area (Å²) in [5.74, 6) is 2.27. The summed E-state index contributed by atoms with van der Waals surface area (Å²) in [4.78, 5) is 20.5. The van der Waals surface area contributed by atoms with Crippen LogP contribution in [0, 0.1) is 6.92 Å². The Balaban J connectivity index is 1.89. The molecule has 0 saturated heterocycles. The molecule has 0 N–H and O–H groups in total. The molecule has 0 unspecified atom stereocenters. The zero-order chi connectivity index (χ0) is 17.6. The van der Waals surface area contributed by atoms with Gasteiger partial charge in [0.15, 0.2) is 5.82 Å². The molecule has 0 fully saturated rings. The van der Waals surface area contributed by atoms with Crippen LogP contribution in [-0.2, 0) is 6.54 Å². The van der Waals surface area contributed by atoms with Crippen molar-refractivity contribution < 1.29 is 9.53 Å². The van der Waals surface area contributed by atoms with E-state index in [1.807, 2.05) is 34.5 Å². The molecule has 0 saturated carbocycles. The van der Waals surface area contributed by atoms with Crippen molar-refractivity contribution in [2.45, 2.75) is 33.4 Å². The standard InChI is InChI=1S/C18H19N5O2/c1-11(2)23-18(19-10-20-23)15-8-22-4-5-25-16-6-12(3)13(9-24)7-14(16)17(22)21-15/h6-11H,4-5H2,1-3H3. The van der Waals surface area contributed by atoms with Gasteiger partial charge in [-0.3, -0.25) is 4.79 Å². The second kappa shape index (κ2) is 5.84. The number of fused-ring (bicyclic) bond motifs is 3. The molecule has 3 aromatic rings. The maximum absolute atomic E-state index is 11.3. The molecule has 7 nitrogen and oxygen atoms in total. The van der Waals surface area contributed by atoms with Gasteiger partial charge in [-0.15, -0.1) is 0 Å². The zero-order valence-corrected chi connectivity index (χ0v) is 14.4. The number of aryl methyl sites for hydroxylation is 1. The number of carbonyl (C=O) groups is 1. The Kier molecular flexibility index (Phi) is 3.63. The molecule has 1 aliphatic rings. The summed E-state index contributed by atoms with van der Waals surface area (Å²) < 4.78 is 9.75. The number of hydrogen-bond donors (Lipinski definition) is 0. The highest BCUT2D eigenvalue weighted by molar-refractivity contribution is 5.82. The molecule has 0 spiro atoms. The molecule has 128 valence electrons. The molecular formula is C18H19N5O2. The molecule has 0 bridgehead atoms.